The molecule has 188 valence electrons. The normalized spacial score (nSPS) is 17.6. The van der Waals surface area contributed by atoms with Gasteiger partial charge in [-0.1, -0.05) is 53.4 Å². The summed E-state index contributed by atoms with van der Waals surface area (Å²) in [6.45, 7) is 8.55. The summed E-state index contributed by atoms with van der Waals surface area (Å²) < 4.78 is 21.4. The van der Waals surface area contributed by atoms with E-state index in [1.165, 1.54) is 0 Å². The number of hydrogen-bond acceptors (Lipinski definition) is 8. The molecule has 0 fully saturated rings. The van der Waals surface area contributed by atoms with E-state index in [1.807, 2.05) is 27.7 Å². The molecule has 0 aliphatic heterocycles. The Bertz CT molecular complexity index is 682. The molecule has 1 rings (SSSR count). The largest absolute Gasteiger partial charge is 0.465 e. The smallest absolute Gasteiger partial charge is 0.335 e. The van der Waals surface area contributed by atoms with Crippen LogP contribution in [-0.4, -0.2) is 50.3 Å². The summed E-state index contributed by atoms with van der Waals surface area (Å²) in [5, 5.41) is 0. The van der Waals surface area contributed by atoms with Gasteiger partial charge in [0.15, 0.2) is 0 Å². The molecule has 8 heteroatoms. The molecular formula is C25H40O8. The van der Waals surface area contributed by atoms with Gasteiger partial charge in [-0.15, -0.1) is 0 Å². The van der Waals surface area contributed by atoms with Crippen molar-refractivity contribution in [2.45, 2.75) is 85.5 Å². The van der Waals surface area contributed by atoms with Gasteiger partial charge in [-0.25, -0.2) is 9.59 Å². The molecule has 2 atom stereocenters. The molecule has 0 aromatic carbocycles. The van der Waals surface area contributed by atoms with Crippen molar-refractivity contribution >= 4 is 23.9 Å². The van der Waals surface area contributed by atoms with Gasteiger partial charge in [0.1, 0.15) is 5.92 Å². The highest BCUT2D eigenvalue weighted by Gasteiger charge is 2.50. The summed E-state index contributed by atoms with van der Waals surface area (Å²) in [4.78, 5) is 51.7. The molecular weight excluding hydrogens is 428 g/mol. The molecule has 1 aliphatic carbocycles. The molecule has 0 amide bonds. The highest BCUT2D eigenvalue weighted by Crippen LogP contribution is 2.40. The molecule has 8 nitrogen and oxygen atoms in total. The van der Waals surface area contributed by atoms with Gasteiger partial charge >= 0.3 is 23.9 Å². The van der Waals surface area contributed by atoms with E-state index in [4.69, 9.17) is 18.9 Å². The van der Waals surface area contributed by atoms with Crippen molar-refractivity contribution in [3.63, 3.8) is 0 Å². The van der Waals surface area contributed by atoms with Crippen LogP contribution in [0.15, 0.2) is 11.1 Å². The Kier molecular flexibility index (Phi) is 14.1. The summed E-state index contributed by atoms with van der Waals surface area (Å²) >= 11 is 0. The van der Waals surface area contributed by atoms with Crippen LogP contribution in [0.3, 0.4) is 0 Å². The number of esters is 4. The first-order chi connectivity index (χ1) is 15.9. The molecule has 0 spiro atoms. The second-order valence-electron chi connectivity index (χ2n) is 8.20. The minimum Gasteiger partial charge on any atom is -0.465 e. The molecule has 0 aromatic heterocycles. The summed E-state index contributed by atoms with van der Waals surface area (Å²) in [7, 11) is 0. The van der Waals surface area contributed by atoms with E-state index < -0.39 is 35.7 Å². The van der Waals surface area contributed by atoms with E-state index in [-0.39, 0.29) is 44.0 Å². The van der Waals surface area contributed by atoms with Crippen LogP contribution in [0.4, 0.5) is 0 Å². The number of rotatable bonds is 16. The fourth-order valence-corrected chi connectivity index (χ4v) is 3.40. The van der Waals surface area contributed by atoms with E-state index in [0.717, 1.165) is 25.7 Å². The standard InChI is InChI=1S/C25H40O8/c1-5-9-13-30-22(26)18-17-19(23(27)31-14-10-6-2)21(25(29)33-16-12-8-4)20(18)24(28)32-15-11-7-3/h18,20H,5-17H2,1-4H3. The van der Waals surface area contributed by atoms with Crippen molar-refractivity contribution in [3.05, 3.63) is 11.1 Å². The van der Waals surface area contributed by atoms with Crippen molar-refractivity contribution in [1.82, 2.24) is 0 Å². The fourth-order valence-electron chi connectivity index (χ4n) is 3.40. The van der Waals surface area contributed by atoms with E-state index >= 15 is 0 Å². The first-order valence-corrected chi connectivity index (χ1v) is 12.3. The van der Waals surface area contributed by atoms with Crippen LogP contribution in [0.25, 0.3) is 0 Å². The third-order valence-corrected chi connectivity index (χ3v) is 5.43. The van der Waals surface area contributed by atoms with Gasteiger partial charge < -0.3 is 18.9 Å². The van der Waals surface area contributed by atoms with Gasteiger partial charge in [0, 0.05) is 5.57 Å². The summed E-state index contributed by atoms with van der Waals surface area (Å²) in [6, 6.07) is 0. The zero-order valence-corrected chi connectivity index (χ0v) is 20.6. The second-order valence-corrected chi connectivity index (χ2v) is 8.20. The Balaban J connectivity index is 3.26. The molecule has 0 aromatic rings. The minimum absolute atomic E-state index is 0.00230. The predicted molar refractivity (Wildman–Crippen MR) is 122 cm³/mol. The monoisotopic (exact) mass is 468 g/mol. The van der Waals surface area contributed by atoms with Crippen molar-refractivity contribution < 1.29 is 38.1 Å². The molecule has 0 saturated carbocycles. The second kappa shape index (κ2) is 16.3. The van der Waals surface area contributed by atoms with Crippen LogP contribution in [-0.2, 0) is 38.1 Å². The zero-order valence-electron chi connectivity index (χ0n) is 20.6. The first-order valence-electron chi connectivity index (χ1n) is 12.3. The fraction of sp³-hybridized carbons (Fsp3) is 0.760. The molecule has 33 heavy (non-hydrogen) atoms. The SMILES string of the molecule is CCCCOC(=O)C1=C(C(=O)OCCCC)C(C(=O)OCCCC)C(C(=O)OCCCC)C1. The minimum atomic E-state index is -1.25. The van der Waals surface area contributed by atoms with Crippen LogP contribution >= 0.6 is 0 Å². The summed E-state index contributed by atoms with van der Waals surface area (Å²) in [5.41, 5.74) is -0.131. The molecule has 0 bridgehead atoms. The van der Waals surface area contributed by atoms with E-state index in [2.05, 4.69) is 0 Å². The number of hydrogen-bond donors (Lipinski definition) is 0. The van der Waals surface area contributed by atoms with Gasteiger partial charge in [-0.3, -0.25) is 9.59 Å². The van der Waals surface area contributed by atoms with Crippen molar-refractivity contribution in [2.75, 3.05) is 26.4 Å². The highest BCUT2D eigenvalue weighted by atomic mass is 16.6. The van der Waals surface area contributed by atoms with Crippen molar-refractivity contribution in [2.24, 2.45) is 11.8 Å². The Morgan fingerprint density at radius 3 is 1.55 bits per heavy atom. The van der Waals surface area contributed by atoms with Gasteiger partial charge in [-0.05, 0) is 32.1 Å². The number of carbonyl (C=O) groups excluding carboxylic acids is 4. The Labute approximate surface area is 197 Å². The lowest BCUT2D eigenvalue weighted by Crippen LogP contribution is -2.33. The maximum absolute atomic E-state index is 13.0. The lowest BCUT2D eigenvalue weighted by atomic mass is 9.91. The van der Waals surface area contributed by atoms with Crippen molar-refractivity contribution in [3.8, 4) is 0 Å². The quantitative estimate of drug-likeness (QED) is 0.188. The van der Waals surface area contributed by atoms with E-state index in [0.29, 0.717) is 25.7 Å². The molecule has 0 radical (unpaired) electrons. The first kappa shape index (κ1) is 28.7. The van der Waals surface area contributed by atoms with Crippen LogP contribution in [0.5, 0.6) is 0 Å². The van der Waals surface area contributed by atoms with Crippen LogP contribution in [0.1, 0.15) is 85.5 Å². The Hall–Kier alpha value is -2.38. The maximum atomic E-state index is 13.0. The Morgan fingerprint density at radius 1 is 0.636 bits per heavy atom. The third kappa shape index (κ3) is 9.18. The summed E-state index contributed by atoms with van der Waals surface area (Å²) in [6.07, 6.45) is 5.81. The van der Waals surface area contributed by atoms with E-state index in [1.54, 1.807) is 0 Å². The number of unbranched alkanes of at least 4 members (excludes halogenated alkanes) is 4. The highest BCUT2D eigenvalue weighted by molar-refractivity contribution is 6.07. The van der Waals surface area contributed by atoms with Gasteiger partial charge in [-0.2, -0.15) is 0 Å². The lowest BCUT2D eigenvalue weighted by molar-refractivity contribution is -0.160. The molecule has 1 aliphatic rings. The number of ether oxygens (including phenoxy) is 4. The zero-order chi connectivity index (χ0) is 24.6. The van der Waals surface area contributed by atoms with Crippen LogP contribution in [0, 0.1) is 11.8 Å². The topological polar surface area (TPSA) is 105 Å². The molecule has 2 unspecified atom stereocenters. The van der Waals surface area contributed by atoms with Gasteiger partial charge in [0.2, 0.25) is 0 Å². The van der Waals surface area contributed by atoms with Gasteiger partial charge in [0.05, 0.1) is 37.9 Å². The maximum Gasteiger partial charge on any atom is 0.335 e. The molecule has 0 heterocycles. The number of carbonyl (C=O) groups is 4. The predicted octanol–water partition coefficient (Wildman–Crippen LogP) is 4.29. The average molecular weight is 469 g/mol. The van der Waals surface area contributed by atoms with Crippen molar-refractivity contribution in [1.29, 1.82) is 0 Å². The third-order valence-electron chi connectivity index (χ3n) is 5.43. The van der Waals surface area contributed by atoms with Gasteiger partial charge in [0.25, 0.3) is 0 Å². The van der Waals surface area contributed by atoms with E-state index in [9.17, 15) is 19.2 Å². The van der Waals surface area contributed by atoms with Crippen LogP contribution < -0.4 is 0 Å². The molecule has 0 saturated heterocycles. The average Bonchev–Trinajstić information content (AvgIpc) is 3.20. The Morgan fingerprint density at radius 2 is 1.06 bits per heavy atom. The summed E-state index contributed by atoms with van der Waals surface area (Å²) in [5.74, 6) is -5.12. The lowest BCUT2D eigenvalue weighted by Gasteiger charge is -2.20. The van der Waals surface area contributed by atoms with Crippen LogP contribution in [0.2, 0.25) is 0 Å². The molecule has 0 N–H and O–H groups in total.